The second kappa shape index (κ2) is 11.7. The predicted octanol–water partition coefficient (Wildman–Crippen LogP) is 6.01. The maximum absolute atomic E-state index is 13.5. The molecule has 2 aromatic heterocycles. The van der Waals surface area contributed by atoms with Crippen LogP contribution in [0.5, 0.6) is 5.75 Å². The lowest BCUT2D eigenvalue weighted by Crippen LogP contribution is -2.33. The van der Waals surface area contributed by atoms with Gasteiger partial charge in [0.15, 0.2) is 5.75 Å². The second-order valence-electron chi connectivity index (χ2n) is 9.60. The quantitative estimate of drug-likeness (QED) is 0.222. The van der Waals surface area contributed by atoms with E-state index in [1.54, 1.807) is 11.3 Å². The van der Waals surface area contributed by atoms with E-state index in [4.69, 9.17) is 4.74 Å². The zero-order chi connectivity index (χ0) is 28.3. The molecule has 7 heteroatoms. The summed E-state index contributed by atoms with van der Waals surface area (Å²) in [7, 11) is 0. The Morgan fingerprint density at radius 3 is 2.41 bits per heavy atom. The molecule has 0 unspecified atom stereocenters. The molecule has 0 radical (unpaired) electrons. The number of aromatic nitrogens is 2. The summed E-state index contributed by atoms with van der Waals surface area (Å²) in [6.45, 7) is 8.54. The van der Waals surface area contributed by atoms with Gasteiger partial charge in [-0.1, -0.05) is 65.9 Å². The van der Waals surface area contributed by atoms with Gasteiger partial charge in [0.05, 0.1) is 14.9 Å². The normalized spacial score (nSPS) is 15.2. The van der Waals surface area contributed by atoms with Crippen molar-refractivity contribution in [3.63, 3.8) is 0 Å². The fourth-order valence-corrected chi connectivity index (χ4v) is 7.44. The lowest BCUT2D eigenvalue weighted by Gasteiger charge is -2.14. The fraction of sp³-hybridized carbons (Fsp3) is 0.176. The predicted molar refractivity (Wildman–Crippen MR) is 173 cm³/mol. The minimum atomic E-state index is 0.0112. The highest BCUT2D eigenvalue weighted by atomic mass is 32.1. The summed E-state index contributed by atoms with van der Waals surface area (Å²) < 4.78 is 13.2. The van der Waals surface area contributed by atoms with Gasteiger partial charge in [0.25, 0.3) is 10.6 Å². The summed E-state index contributed by atoms with van der Waals surface area (Å²) in [4.78, 5) is 15.6. The number of fused-ring (bicyclic) bond motifs is 2. The molecule has 0 fully saturated rings. The molecule has 6 rings (SSSR count). The van der Waals surface area contributed by atoms with Crippen LogP contribution in [0.2, 0.25) is 0 Å². The summed E-state index contributed by atoms with van der Waals surface area (Å²) in [5.41, 5.74) is 4.47. The maximum Gasteiger partial charge on any atom is 0.269 e. The highest BCUT2D eigenvalue weighted by Crippen LogP contribution is 2.38. The first-order chi connectivity index (χ1) is 20.1. The molecular formula is C34H32N3O2S2+. The largest absolute Gasteiger partial charge is 0.439 e. The minimum absolute atomic E-state index is 0.0112. The molecular weight excluding hydrogens is 547 g/mol. The molecule has 41 heavy (non-hydrogen) atoms. The maximum atomic E-state index is 13.5. The van der Waals surface area contributed by atoms with Crippen LogP contribution in [-0.2, 0) is 13.1 Å². The van der Waals surface area contributed by atoms with E-state index in [9.17, 15) is 4.79 Å². The van der Waals surface area contributed by atoms with Gasteiger partial charge in [0.1, 0.15) is 11.2 Å². The smallest absolute Gasteiger partial charge is 0.269 e. The molecule has 0 aliphatic carbocycles. The summed E-state index contributed by atoms with van der Waals surface area (Å²) in [5, 5.41) is 1.18. The number of nitrogens with zero attached hydrogens (tertiary/aromatic N) is 3. The first-order valence-electron chi connectivity index (χ1n) is 14.0. The number of allylic oxidation sites excluding steroid dienone is 2. The molecule has 5 aromatic rings. The van der Waals surface area contributed by atoms with Crippen molar-refractivity contribution in [2.45, 2.75) is 33.9 Å². The molecule has 0 atom stereocenters. The third-order valence-corrected chi connectivity index (χ3v) is 9.39. The Bertz CT molecular complexity index is 1960. The SMILES string of the molecule is CCN1/C(=C\C=c2/sc(=CC(=Cc3sc4ccccc4[n+]3CC)c3ccccc3)n(CC)c2=O)Oc2ccccc21. The Kier molecular flexibility index (Phi) is 7.72. The highest BCUT2D eigenvalue weighted by molar-refractivity contribution is 7.19. The summed E-state index contributed by atoms with van der Waals surface area (Å²) in [6, 6.07) is 26.9. The highest BCUT2D eigenvalue weighted by Gasteiger charge is 2.24. The molecule has 0 spiro atoms. The van der Waals surface area contributed by atoms with Gasteiger partial charge in [-0.15, -0.1) is 11.3 Å². The lowest BCUT2D eigenvalue weighted by molar-refractivity contribution is -0.665. The van der Waals surface area contributed by atoms with Gasteiger partial charge in [-0.3, -0.25) is 9.36 Å². The van der Waals surface area contributed by atoms with Crippen LogP contribution < -0.4 is 29.0 Å². The Labute approximate surface area is 247 Å². The van der Waals surface area contributed by atoms with Gasteiger partial charge in [-0.25, -0.2) is 0 Å². The molecule has 0 amide bonds. The molecule has 1 aliphatic rings. The van der Waals surface area contributed by atoms with Crippen molar-refractivity contribution >= 4 is 62.4 Å². The number of rotatable bonds is 7. The molecule has 5 nitrogen and oxygen atoms in total. The Morgan fingerprint density at radius 2 is 1.63 bits per heavy atom. The standard InChI is InChI=1S/C34H32N3O2S2/c1-4-35-26-16-10-12-18-28(26)39-31(35)21-20-30-34(38)37(6-3)33(41-30)23-25(24-14-8-7-9-15-24)22-32-36(5-2)27-17-11-13-19-29(27)40-32/h7-23H,4-6H2,1-3H3/q+1/b30-20-,31-21+. The van der Waals surface area contributed by atoms with E-state index in [1.165, 1.54) is 26.6 Å². The first-order valence-corrected chi connectivity index (χ1v) is 15.6. The fourth-order valence-electron chi connectivity index (χ4n) is 5.20. The number of aryl methyl sites for hydroxylation is 1. The summed E-state index contributed by atoms with van der Waals surface area (Å²) in [6.07, 6.45) is 8.21. The average Bonchev–Trinajstić information content (AvgIpc) is 3.65. The van der Waals surface area contributed by atoms with E-state index in [-0.39, 0.29) is 5.56 Å². The van der Waals surface area contributed by atoms with Crippen molar-refractivity contribution in [2.75, 3.05) is 11.4 Å². The van der Waals surface area contributed by atoms with Crippen molar-refractivity contribution in [1.82, 2.24) is 4.57 Å². The van der Waals surface area contributed by atoms with Gasteiger partial charge in [-0.05, 0) is 62.3 Å². The van der Waals surface area contributed by atoms with E-state index < -0.39 is 0 Å². The molecule has 1 aliphatic heterocycles. The number of thiazole rings is 2. The molecule has 206 valence electrons. The van der Waals surface area contributed by atoms with Crippen molar-refractivity contribution < 1.29 is 9.30 Å². The van der Waals surface area contributed by atoms with E-state index in [2.05, 4.69) is 90.1 Å². The van der Waals surface area contributed by atoms with E-state index in [1.807, 2.05) is 47.9 Å². The third kappa shape index (κ3) is 5.19. The van der Waals surface area contributed by atoms with Crippen molar-refractivity contribution in [3.05, 3.63) is 121 Å². The van der Waals surface area contributed by atoms with Crippen LogP contribution in [0.25, 0.3) is 34.0 Å². The number of benzene rings is 3. The molecule has 3 aromatic carbocycles. The lowest BCUT2D eigenvalue weighted by atomic mass is 10.1. The average molecular weight is 579 g/mol. The van der Waals surface area contributed by atoms with Crippen LogP contribution in [0, 0.1) is 0 Å². The number of para-hydroxylation sites is 3. The second-order valence-corrected chi connectivity index (χ2v) is 11.7. The number of anilines is 1. The van der Waals surface area contributed by atoms with Crippen LogP contribution in [0.15, 0.2) is 95.6 Å². The number of hydrogen-bond donors (Lipinski definition) is 0. The summed E-state index contributed by atoms with van der Waals surface area (Å²) in [5.74, 6) is 1.57. The van der Waals surface area contributed by atoms with E-state index >= 15 is 0 Å². The van der Waals surface area contributed by atoms with Crippen LogP contribution >= 0.6 is 22.7 Å². The van der Waals surface area contributed by atoms with Crippen molar-refractivity contribution in [3.8, 4) is 5.75 Å². The molecule has 0 saturated heterocycles. The van der Waals surface area contributed by atoms with E-state index in [0.717, 1.165) is 46.2 Å². The van der Waals surface area contributed by atoms with Crippen LogP contribution in [0.1, 0.15) is 31.3 Å². The van der Waals surface area contributed by atoms with E-state index in [0.29, 0.717) is 11.1 Å². The zero-order valence-electron chi connectivity index (χ0n) is 23.4. The molecule has 0 saturated carbocycles. The number of ether oxygens (including phenoxy) is 1. The topological polar surface area (TPSA) is 38.4 Å². The van der Waals surface area contributed by atoms with Crippen LogP contribution in [0.3, 0.4) is 0 Å². The van der Waals surface area contributed by atoms with Crippen molar-refractivity contribution in [2.24, 2.45) is 0 Å². The Morgan fingerprint density at radius 1 is 0.878 bits per heavy atom. The number of hydrogen-bond acceptors (Lipinski definition) is 5. The van der Waals surface area contributed by atoms with Gasteiger partial charge in [-0.2, -0.15) is 4.57 Å². The Hall–Kier alpha value is -4.20. The molecule has 0 bridgehead atoms. The van der Waals surface area contributed by atoms with Crippen molar-refractivity contribution in [1.29, 1.82) is 0 Å². The molecule has 3 heterocycles. The Balaban J connectivity index is 1.48. The first kappa shape index (κ1) is 27.0. The third-order valence-electron chi connectivity index (χ3n) is 7.20. The van der Waals surface area contributed by atoms with Crippen LogP contribution in [0.4, 0.5) is 5.69 Å². The zero-order valence-corrected chi connectivity index (χ0v) is 25.0. The minimum Gasteiger partial charge on any atom is -0.439 e. The molecule has 0 N–H and O–H groups in total. The van der Waals surface area contributed by atoms with Gasteiger partial charge >= 0.3 is 0 Å². The van der Waals surface area contributed by atoms with Gasteiger partial charge < -0.3 is 9.64 Å². The van der Waals surface area contributed by atoms with Crippen LogP contribution in [-0.4, -0.2) is 11.1 Å². The van der Waals surface area contributed by atoms with Gasteiger partial charge in [0.2, 0.25) is 11.4 Å². The van der Waals surface area contributed by atoms with Gasteiger partial charge in [0, 0.05) is 31.3 Å². The summed E-state index contributed by atoms with van der Waals surface area (Å²) >= 11 is 3.30. The monoisotopic (exact) mass is 578 g/mol.